The molecule has 0 aliphatic heterocycles. The van der Waals surface area contributed by atoms with E-state index in [0.717, 1.165) is 6.20 Å². The number of aromatic nitrogens is 1. The molecule has 0 spiro atoms. The molecule has 0 aliphatic carbocycles. The molecule has 1 aromatic carbocycles. The summed E-state index contributed by atoms with van der Waals surface area (Å²) in [5.41, 5.74) is 0. The summed E-state index contributed by atoms with van der Waals surface area (Å²) in [6.07, 6.45) is 1.11. The van der Waals surface area contributed by atoms with Crippen LogP contribution in [0.4, 0.5) is 0 Å². The molecule has 0 unspecified atom stereocenters. The Balaban J connectivity index is 2.25. The number of pyridine rings is 1. The summed E-state index contributed by atoms with van der Waals surface area (Å²) in [4.78, 5) is 3.74. The van der Waals surface area contributed by atoms with E-state index in [1.54, 1.807) is 12.1 Å². The minimum absolute atomic E-state index is 0.0953. The standard InChI is InChI=1S/C11H8Cl2N2O3S/c12-7-1-3-10(9(13)5-7)18-11-4-2-8(6-15-11)19(14,16)17/h1-6H,(H2,14,16,17). The Morgan fingerprint density at radius 3 is 2.42 bits per heavy atom. The first-order valence-corrected chi connectivity index (χ1v) is 7.28. The van der Waals surface area contributed by atoms with Gasteiger partial charge in [0.1, 0.15) is 10.6 Å². The normalized spacial score (nSPS) is 11.3. The molecule has 0 bridgehead atoms. The van der Waals surface area contributed by atoms with Crippen LogP contribution in [0.1, 0.15) is 0 Å². The number of hydrogen-bond acceptors (Lipinski definition) is 4. The Labute approximate surface area is 120 Å². The van der Waals surface area contributed by atoms with Crippen molar-refractivity contribution in [3.8, 4) is 11.6 Å². The van der Waals surface area contributed by atoms with Crippen LogP contribution in [0.5, 0.6) is 11.6 Å². The van der Waals surface area contributed by atoms with Crippen LogP contribution in [0.25, 0.3) is 0 Å². The predicted molar refractivity (Wildman–Crippen MR) is 72.1 cm³/mol. The summed E-state index contributed by atoms with van der Waals surface area (Å²) in [6, 6.07) is 7.39. The van der Waals surface area contributed by atoms with Crippen molar-refractivity contribution in [2.75, 3.05) is 0 Å². The summed E-state index contributed by atoms with van der Waals surface area (Å²) in [5, 5.41) is 5.76. The smallest absolute Gasteiger partial charge is 0.239 e. The molecule has 0 saturated carbocycles. The van der Waals surface area contributed by atoms with Crippen LogP contribution >= 0.6 is 23.2 Å². The number of nitrogens with two attached hydrogens (primary N) is 1. The first-order valence-electron chi connectivity index (χ1n) is 4.98. The molecule has 100 valence electrons. The minimum Gasteiger partial charge on any atom is -0.437 e. The van der Waals surface area contributed by atoms with E-state index in [1.807, 2.05) is 0 Å². The lowest BCUT2D eigenvalue weighted by Crippen LogP contribution is -2.12. The van der Waals surface area contributed by atoms with E-state index in [2.05, 4.69) is 4.98 Å². The molecular formula is C11H8Cl2N2O3S. The Morgan fingerprint density at radius 1 is 1.16 bits per heavy atom. The van der Waals surface area contributed by atoms with Crippen molar-refractivity contribution in [2.45, 2.75) is 4.90 Å². The zero-order valence-electron chi connectivity index (χ0n) is 9.38. The van der Waals surface area contributed by atoms with Crippen LogP contribution in [-0.4, -0.2) is 13.4 Å². The Bertz CT molecular complexity index is 702. The molecule has 0 amide bonds. The lowest BCUT2D eigenvalue weighted by atomic mass is 10.3. The third-order valence-electron chi connectivity index (χ3n) is 2.15. The first kappa shape index (κ1) is 14.1. The zero-order valence-corrected chi connectivity index (χ0v) is 11.7. The fraction of sp³-hybridized carbons (Fsp3) is 0. The van der Waals surface area contributed by atoms with Crippen LogP contribution in [0.15, 0.2) is 41.4 Å². The summed E-state index contributed by atoms with van der Waals surface area (Å²) in [6.45, 7) is 0. The highest BCUT2D eigenvalue weighted by Crippen LogP contribution is 2.30. The van der Waals surface area contributed by atoms with Crippen molar-refractivity contribution < 1.29 is 13.2 Å². The first-order chi connectivity index (χ1) is 8.86. The molecule has 0 fully saturated rings. The number of rotatable bonds is 3. The Kier molecular flexibility index (Phi) is 3.96. The molecule has 8 heteroatoms. The van der Waals surface area contributed by atoms with E-state index in [4.69, 9.17) is 33.1 Å². The molecule has 0 radical (unpaired) electrons. The van der Waals surface area contributed by atoms with Crippen LogP contribution < -0.4 is 9.88 Å². The molecule has 2 N–H and O–H groups in total. The molecular weight excluding hydrogens is 311 g/mol. The second-order valence-electron chi connectivity index (χ2n) is 3.55. The van der Waals surface area contributed by atoms with Gasteiger partial charge in [-0.1, -0.05) is 23.2 Å². The largest absolute Gasteiger partial charge is 0.437 e. The average Bonchev–Trinajstić information content (AvgIpc) is 2.32. The Morgan fingerprint density at radius 2 is 1.89 bits per heavy atom. The maximum atomic E-state index is 11.1. The monoisotopic (exact) mass is 318 g/mol. The number of sulfonamides is 1. The second-order valence-corrected chi connectivity index (χ2v) is 5.96. The molecule has 0 aliphatic rings. The Hall–Kier alpha value is -1.34. The van der Waals surface area contributed by atoms with Crippen molar-refractivity contribution in [3.63, 3.8) is 0 Å². The summed E-state index contributed by atoms with van der Waals surface area (Å²) < 4.78 is 27.5. The van der Waals surface area contributed by atoms with E-state index in [1.165, 1.54) is 18.2 Å². The second kappa shape index (κ2) is 5.34. The van der Waals surface area contributed by atoms with Gasteiger partial charge in [-0.3, -0.25) is 0 Å². The molecule has 1 aromatic heterocycles. The fourth-order valence-electron chi connectivity index (χ4n) is 1.27. The van der Waals surface area contributed by atoms with Crippen LogP contribution in [-0.2, 0) is 10.0 Å². The van der Waals surface area contributed by atoms with Gasteiger partial charge in [-0.2, -0.15) is 0 Å². The van der Waals surface area contributed by atoms with Crippen molar-refractivity contribution in [2.24, 2.45) is 5.14 Å². The van der Waals surface area contributed by atoms with Crippen LogP contribution in [0.2, 0.25) is 10.0 Å². The van der Waals surface area contributed by atoms with Crippen molar-refractivity contribution in [3.05, 3.63) is 46.6 Å². The van der Waals surface area contributed by atoms with Gasteiger partial charge in [0.15, 0.2) is 0 Å². The van der Waals surface area contributed by atoms with Gasteiger partial charge in [0.05, 0.1) is 11.2 Å². The summed E-state index contributed by atoms with van der Waals surface area (Å²) >= 11 is 11.7. The van der Waals surface area contributed by atoms with Gasteiger partial charge in [0, 0.05) is 11.1 Å². The van der Waals surface area contributed by atoms with Gasteiger partial charge in [-0.05, 0) is 24.3 Å². The van der Waals surface area contributed by atoms with Gasteiger partial charge in [-0.25, -0.2) is 18.5 Å². The maximum Gasteiger partial charge on any atom is 0.239 e. The summed E-state index contributed by atoms with van der Waals surface area (Å²) in [5.74, 6) is 0.554. The lowest BCUT2D eigenvalue weighted by Gasteiger charge is -2.07. The highest BCUT2D eigenvalue weighted by atomic mass is 35.5. The van der Waals surface area contributed by atoms with Crippen molar-refractivity contribution in [1.29, 1.82) is 0 Å². The molecule has 1 heterocycles. The third-order valence-corrected chi connectivity index (χ3v) is 3.58. The average molecular weight is 319 g/mol. The molecule has 0 saturated heterocycles. The molecule has 2 aromatic rings. The molecule has 5 nitrogen and oxygen atoms in total. The van der Waals surface area contributed by atoms with Gasteiger partial charge >= 0.3 is 0 Å². The van der Waals surface area contributed by atoms with Crippen LogP contribution in [0, 0.1) is 0 Å². The van der Waals surface area contributed by atoms with E-state index in [0.29, 0.717) is 15.8 Å². The van der Waals surface area contributed by atoms with Crippen molar-refractivity contribution in [1.82, 2.24) is 4.98 Å². The lowest BCUT2D eigenvalue weighted by molar-refractivity contribution is 0.462. The molecule has 19 heavy (non-hydrogen) atoms. The van der Waals surface area contributed by atoms with E-state index >= 15 is 0 Å². The maximum absolute atomic E-state index is 11.1. The number of ether oxygens (including phenoxy) is 1. The fourth-order valence-corrected chi connectivity index (χ4v) is 2.17. The van der Waals surface area contributed by atoms with Gasteiger partial charge in [-0.15, -0.1) is 0 Å². The van der Waals surface area contributed by atoms with E-state index in [-0.39, 0.29) is 10.8 Å². The van der Waals surface area contributed by atoms with Gasteiger partial charge in [0.2, 0.25) is 15.9 Å². The van der Waals surface area contributed by atoms with E-state index < -0.39 is 10.0 Å². The van der Waals surface area contributed by atoms with E-state index in [9.17, 15) is 8.42 Å². The summed E-state index contributed by atoms with van der Waals surface area (Å²) in [7, 11) is -3.77. The topological polar surface area (TPSA) is 82.3 Å². The molecule has 0 atom stereocenters. The third kappa shape index (κ3) is 3.57. The van der Waals surface area contributed by atoms with Gasteiger partial charge < -0.3 is 4.74 Å². The number of hydrogen-bond donors (Lipinski definition) is 1. The minimum atomic E-state index is -3.77. The molecule has 2 rings (SSSR count). The van der Waals surface area contributed by atoms with Crippen LogP contribution in [0.3, 0.4) is 0 Å². The number of nitrogens with zero attached hydrogens (tertiary/aromatic N) is 1. The van der Waals surface area contributed by atoms with Crippen molar-refractivity contribution >= 4 is 33.2 Å². The SMILES string of the molecule is NS(=O)(=O)c1ccc(Oc2ccc(Cl)cc2Cl)nc1. The number of benzene rings is 1. The number of primary sulfonamides is 1. The van der Waals surface area contributed by atoms with Gasteiger partial charge in [0.25, 0.3) is 0 Å². The highest BCUT2D eigenvalue weighted by Gasteiger charge is 2.09. The highest BCUT2D eigenvalue weighted by molar-refractivity contribution is 7.89. The number of halogens is 2. The predicted octanol–water partition coefficient (Wildman–Crippen LogP) is 2.83. The quantitative estimate of drug-likeness (QED) is 0.943. The zero-order chi connectivity index (χ0) is 14.0.